The Morgan fingerprint density at radius 3 is 2.64 bits per heavy atom. The molecule has 0 saturated carbocycles. The summed E-state index contributed by atoms with van der Waals surface area (Å²) in [4.78, 5) is 10.4. The second kappa shape index (κ2) is 3.88. The summed E-state index contributed by atoms with van der Waals surface area (Å²) in [7, 11) is 1.51. The fraction of sp³-hybridized carbons (Fsp3) is 0.222. The van der Waals surface area contributed by atoms with Crippen molar-refractivity contribution in [3.8, 4) is 0 Å². The Morgan fingerprint density at radius 2 is 2.18 bits per heavy atom. The van der Waals surface area contributed by atoms with Gasteiger partial charge in [-0.2, -0.15) is 0 Å². The van der Waals surface area contributed by atoms with Gasteiger partial charge in [-0.3, -0.25) is 0 Å². The van der Waals surface area contributed by atoms with Gasteiger partial charge >= 0.3 is 0 Å². The fourth-order valence-corrected chi connectivity index (χ4v) is 0.860. The Labute approximate surface area is 65.8 Å². The zero-order chi connectivity index (χ0) is 8.10. The average Bonchev–Trinajstić information content (AvgIpc) is 2.09. The van der Waals surface area contributed by atoms with Crippen LogP contribution in [-0.2, 0) is 9.53 Å². The quantitative estimate of drug-likeness (QED) is 0.607. The molecule has 2 nitrogen and oxygen atoms in total. The van der Waals surface area contributed by atoms with Crippen LogP contribution >= 0.6 is 0 Å². The maximum atomic E-state index is 10.4. The second-order valence-electron chi connectivity index (χ2n) is 2.13. The predicted molar refractivity (Wildman–Crippen MR) is 41.1 cm³/mol. The van der Waals surface area contributed by atoms with Crippen LogP contribution in [0.15, 0.2) is 24.3 Å². The monoisotopic (exact) mass is 149 g/mol. The minimum atomic E-state index is -0.440. The molecular weight excluding hydrogens is 140 g/mol. The second-order valence-corrected chi connectivity index (χ2v) is 2.13. The summed E-state index contributed by atoms with van der Waals surface area (Å²) in [5.74, 6) is 0. The van der Waals surface area contributed by atoms with Gasteiger partial charge in [0.2, 0.25) is 0 Å². The molecule has 0 saturated heterocycles. The molecule has 0 aliphatic carbocycles. The molecule has 1 rings (SSSR count). The molecule has 11 heavy (non-hydrogen) atoms. The summed E-state index contributed by atoms with van der Waals surface area (Å²) in [5, 5.41) is 0. The zero-order valence-corrected chi connectivity index (χ0v) is 6.28. The Balaban J connectivity index is 2.82. The van der Waals surface area contributed by atoms with Gasteiger partial charge in [0.05, 0.1) is 0 Å². The van der Waals surface area contributed by atoms with Crippen LogP contribution in [0.1, 0.15) is 11.7 Å². The topological polar surface area (TPSA) is 26.3 Å². The van der Waals surface area contributed by atoms with E-state index in [1.54, 1.807) is 12.1 Å². The van der Waals surface area contributed by atoms with Crippen LogP contribution in [0.2, 0.25) is 0 Å². The molecule has 1 aromatic rings. The summed E-state index contributed by atoms with van der Waals surface area (Å²) in [6, 6.07) is 9.99. The van der Waals surface area contributed by atoms with Crippen molar-refractivity contribution in [1.82, 2.24) is 0 Å². The van der Waals surface area contributed by atoms with E-state index in [1.807, 2.05) is 12.1 Å². The highest BCUT2D eigenvalue weighted by Gasteiger charge is 2.05. The molecule has 1 atom stereocenters. The molecule has 1 unspecified atom stereocenters. The van der Waals surface area contributed by atoms with E-state index >= 15 is 0 Å². The fourth-order valence-electron chi connectivity index (χ4n) is 0.860. The van der Waals surface area contributed by atoms with Crippen molar-refractivity contribution in [2.24, 2.45) is 0 Å². The maximum Gasteiger partial charge on any atom is 0.153 e. The van der Waals surface area contributed by atoms with Gasteiger partial charge in [0.1, 0.15) is 6.10 Å². The number of carbonyl (C=O) groups excluding carboxylic acids is 1. The molecule has 57 valence electrons. The van der Waals surface area contributed by atoms with E-state index in [-0.39, 0.29) is 0 Å². The largest absolute Gasteiger partial charge is 0.369 e. The van der Waals surface area contributed by atoms with Crippen LogP contribution in [0.5, 0.6) is 0 Å². The minimum Gasteiger partial charge on any atom is -0.369 e. The number of methoxy groups -OCH3 is 1. The highest BCUT2D eigenvalue weighted by molar-refractivity contribution is 5.59. The average molecular weight is 149 g/mol. The van der Waals surface area contributed by atoms with Gasteiger partial charge in [-0.1, -0.05) is 24.3 Å². The van der Waals surface area contributed by atoms with Gasteiger partial charge in [0.15, 0.2) is 6.29 Å². The van der Waals surface area contributed by atoms with E-state index in [1.165, 1.54) is 7.11 Å². The van der Waals surface area contributed by atoms with Crippen LogP contribution in [0.4, 0.5) is 0 Å². The lowest BCUT2D eigenvalue weighted by molar-refractivity contribution is -0.116. The Morgan fingerprint density at radius 1 is 1.55 bits per heavy atom. The first kappa shape index (κ1) is 7.95. The predicted octanol–water partition coefficient (Wildman–Crippen LogP) is 1.37. The van der Waals surface area contributed by atoms with Crippen LogP contribution in [0, 0.1) is 6.07 Å². The van der Waals surface area contributed by atoms with Crippen molar-refractivity contribution in [1.29, 1.82) is 0 Å². The van der Waals surface area contributed by atoms with Crippen LogP contribution < -0.4 is 0 Å². The molecule has 0 amide bonds. The van der Waals surface area contributed by atoms with Gasteiger partial charge in [0, 0.05) is 7.11 Å². The van der Waals surface area contributed by atoms with E-state index in [2.05, 4.69) is 6.07 Å². The molecule has 0 heterocycles. The molecule has 0 N–H and O–H groups in total. The SMILES string of the molecule is COC(C=O)c1cc[c]cc1. The van der Waals surface area contributed by atoms with Crippen molar-refractivity contribution in [2.75, 3.05) is 7.11 Å². The summed E-state index contributed by atoms with van der Waals surface area (Å²) < 4.78 is 4.90. The first-order valence-corrected chi connectivity index (χ1v) is 3.32. The number of benzene rings is 1. The highest BCUT2D eigenvalue weighted by atomic mass is 16.5. The van der Waals surface area contributed by atoms with Crippen LogP contribution in [0.3, 0.4) is 0 Å². The smallest absolute Gasteiger partial charge is 0.153 e. The third-order valence-corrected chi connectivity index (χ3v) is 1.45. The lowest BCUT2D eigenvalue weighted by Crippen LogP contribution is -2.01. The zero-order valence-electron chi connectivity index (χ0n) is 6.28. The van der Waals surface area contributed by atoms with Crippen molar-refractivity contribution in [3.05, 3.63) is 35.9 Å². The molecule has 0 fully saturated rings. The molecule has 1 aromatic carbocycles. The van der Waals surface area contributed by atoms with E-state index in [0.29, 0.717) is 0 Å². The van der Waals surface area contributed by atoms with E-state index < -0.39 is 6.10 Å². The molecular formula is C9H9O2. The number of hydrogen-bond donors (Lipinski definition) is 0. The lowest BCUT2D eigenvalue weighted by atomic mass is 10.1. The van der Waals surface area contributed by atoms with Crippen molar-refractivity contribution >= 4 is 6.29 Å². The Kier molecular flexibility index (Phi) is 2.81. The van der Waals surface area contributed by atoms with Crippen molar-refractivity contribution < 1.29 is 9.53 Å². The molecule has 0 aromatic heterocycles. The number of carbonyl (C=O) groups is 1. The molecule has 1 radical (unpaired) electrons. The normalized spacial score (nSPS) is 12.5. The molecule has 2 heteroatoms. The third-order valence-electron chi connectivity index (χ3n) is 1.45. The van der Waals surface area contributed by atoms with Gasteiger partial charge < -0.3 is 9.53 Å². The Bertz CT molecular complexity index is 218. The van der Waals surface area contributed by atoms with Crippen molar-refractivity contribution in [3.63, 3.8) is 0 Å². The van der Waals surface area contributed by atoms with Gasteiger partial charge in [0.25, 0.3) is 0 Å². The minimum absolute atomic E-state index is 0.440. The molecule has 0 aliphatic rings. The number of ether oxygens (including phenoxy) is 1. The van der Waals surface area contributed by atoms with E-state index in [9.17, 15) is 4.79 Å². The van der Waals surface area contributed by atoms with Crippen LogP contribution in [-0.4, -0.2) is 13.4 Å². The highest BCUT2D eigenvalue weighted by Crippen LogP contribution is 2.12. The maximum absolute atomic E-state index is 10.4. The standard InChI is InChI=1S/C9H9O2/c1-11-9(7-10)8-5-3-2-4-6-8/h3-7,9H,1H3. The molecule has 0 aliphatic heterocycles. The van der Waals surface area contributed by atoms with E-state index in [0.717, 1.165) is 11.8 Å². The summed E-state index contributed by atoms with van der Waals surface area (Å²) >= 11 is 0. The summed E-state index contributed by atoms with van der Waals surface area (Å²) in [5.41, 5.74) is 0.862. The summed E-state index contributed by atoms with van der Waals surface area (Å²) in [6.07, 6.45) is 0.333. The van der Waals surface area contributed by atoms with Crippen molar-refractivity contribution in [2.45, 2.75) is 6.10 Å². The van der Waals surface area contributed by atoms with Gasteiger partial charge in [-0.15, -0.1) is 0 Å². The lowest BCUT2D eigenvalue weighted by Gasteiger charge is -2.06. The summed E-state index contributed by atoms with van der Waals surface area (Å²) in [6.45, 7) is 0. The number of rotatable bonds is 3. The number of aldehydes is 1. The third kappa shape index (κ3) is 1.88. The Hall–Kier alpha value is -1.15. The first-order valence-electron chi connectivity index (χ1n) is 3.32. The van der Waals surface area contributed by atoms with E-state index in [4.69, 9.17) is 4.74 Å². The first-order chi connectivity index (χ1) is 5.38. The van der Waals surface area contributed by atoms with Gasteiger partial charge in [-0.25, -0.2) is 0 Å². The van der Waals surface area contributed by atoms with Gasteiger partial charge in [-0.05, 0) is 11.6 Å². The molecule has 0 bridgehead atoms. The number of hydrogen-bond acceptors (Lipinski definition) is 2. The van der Waals surface area contributed by atoms with Crippen LogP contribution in [0.25, 0.3) is 0 Å². The molecule has 0 spiro atoms.